The Bertz CT molecular complexity index is 545. The van der Waals surface area contributed by atoms with Crippen molar-refractivity contribution in [2.24, 2.45) is 0 Å². The van der Waals surface area contributed by atoms with Crippen LogP contribution in [-0.2, 0) is 10.1 Å². The molecule has 3 rings (SSSR count). The van der Waals surface area contributed by atoms with E-state index in [1.807, 2.05) is 6.92 Å². The number of hydrogen-bond acceptors (Lipinski definition) is 4. The molecule has 2 aliphatic rings. The Kier molecular flexibility index (Phi) is 6.37. The number of piperidine rings is 1. The van der Waals surface area contributed by atoms with Crippen LogP contribution in [0.3, 0.4) is 0 Å². The summed E-state index contributed by atoms with van der Waals surface area (Å²) >= 11 is 0. The standard InChI is InChI=1S/C9H18N2.C7H8O3S/c1-2-6-11(7-3-1)9-4-5-10-8-9;1-6-2-4-7(5-3-6)11(8,9)10/h9-10H,1-8H2;2-5H,1H3,(H,8,9,10). The fourth-order valence-corrected chi connectivity index (χ4v) is 3.42. The highest BCUT2D eigenvalue weighted by atomic mass is 32.2. The largest absolute Gasteiger partial charge is 0.315 e. The first-order chi connectivity index (χ1) is 10.5. The molecular weight excluding hydrogens is 300 g/mol. The fourth-order valence-electron chi connectivity index (χ4n) is 2.94. The van der Waals surface area contributed by atoms with E-state index < -0.39 is 10.1 Å². The molecule has 2 saturated heterocycles. The molecule has 0 bridgehead atoms. The smallest absolute Gasteiger partial charge is 0.294 e. The second-order valence-corrected chi connectivity index (χ2v) is 7.45. The van der Waals surface area contributed by atoms with Gasteiger partial charge in [0, 0.05) is 12.6 Å². The summed E-state index contributed by atoms with van der Waals surface area (Å²) in [6.07, 6.45) is 5.68. The molecule has 2 heterocycles. The molecule has 22 heavy (non-hydrogen) atoms. The SMILES string of the molecule is C1CCN(C2CCNC2)CC1.Cc1ccc(S(=O)(=O)O)cc1. The van der Waals surface area contributed by atoms with Gasteiger partial charge in [-0.15, -0.1) is 0 Å². The maximum Gasteiger partial charge on any atom is 0.294 e. The number of rotatable bonds is 2. The molecule has 1 atom stereocenters. The third-order valence-electron chi connectivity index (χ3n) is 4.26. The number of likely N-dealkylation sites (tertiary alicyclic amines) is 1. The van der Waals surface area contributed by atoms with E-state index in [0.717, 1.165) is 11.6 Å². The first kappa shape index (κ1) is 17.4. The molecule has 1 aromatic carbocycles. The van der Waals surface area contributed by atoms with Crippen LogP contribution in [0.25, 0.3) is 0 Å². The summed E-state index contributed by atoms with van der Waals surface area (Å²) < 4.78 is 29.6. The van der Waals surface area contributed by atoms with Crippen LogP contribution in [0.15, 0.2) is 29.2 Å². The molecular formula is C16H26N2O3S. The predicted molar refractivity (Wildman–Crippen MR) is 87.7 cm³/mol. The first-order valence-corrected chi connectivity index (χ1v) is 9.40. The van der Waals surface area contributed by atoms with Crippen LogP contribution in [-0.4, -0.2) is 50.1 Å². The first-order valence-electron chi connectivity index (χ1n) is 7.96. The Labute approximate surface area is 133 Å². The van der Waals surface area contributed by atoms with Crippen molar-refractivity contribution < 1.29 is 13.0 Å². The van der Waals surface area contributed by atoms with Crippen LogP contribution in [0.2, 0.25) is 0 Å². The van der Waals surface area contributed by atoms with E-state index in [2.05, 4.69) is 10.2 Å². The number of nitrogens with zero attached hydrogens (tertiary/aromatic N) is 1. The molecule has 6 heteroatoms. The van der Waals surface area contributed by atoms with Gasteiger partial charge in [-0.1, -0.05) is 24.1 Å². The Morgan fingerprint density at radius 1 is 1.14 bits per heavy atom. The van der Waals surface area contributed by atoms with Gasteiger partial charge in [-0.25, -0.2) is 0 Å². The molecule has 5 nitrogen and oxygen atoms in total. The number of hydrogen-bond donors (Lipinski definition) is 2. The van der Waals surface area contributed by atoms with Gasteiger partial charge in [0.15, 0.2) is 0 Å². The Hall–Kier alpha value is -0.950. The van der Waals surface area contributed by atoms with Gasteiger partial charge in [0.05, 0.1) is 4.90 Å². The Balaban J connectivity index is 0.000000160. The van der Waals surface area contributed by atoms with Crippen molar-refractivity contribution in [3.63, 3.8) is 0 Å². The third kappa shape index (κ3) is 5.35. The lowest BCUT2D eigenvalue weighted by Gasteiger charge is -2.31. The van der Waals surface area contributed by atoms with Gasteiger partial charge in [-0.05, 0) is 58.0 Å². The summed E-state index contributed by atoms with van der Waals surface area (Å²) in [4.78, 5) is 2.60. The number of benzene rings is 1. The van der Waals surface area contributed by atoms with Gasteiger partial charge in [-0.3, -0.25) is 9.45 Å². The van der Waals surface area contributed by atoms with Crippen LogP contribution in [0, 0.1) is 6.92 Å². The van der Waals surface area contributed by atoms with Crippen molar-refractivity contribution in [3.05, 3.63) is 29.8 Å². The van der Waals surface area contributed by atoms with Crippen molar-refractivity contribution in [1.29, 1.82) is 0 Å². The van der Waals surface area contributed by atoms with E-state index in [0.29, 0.717) is 0 Å². The molecule has 0 aromatic heterocycles. The Morgan fingerprint density at radius 2 is 1.77 bits per heavy atom. The van der Waals surface area contributed by atoms with E-state index in [1.165, 1.54) is 64.0 Å². The van der Waals surface area contributed by atoms with Gasteiger partial charge >= 0.3 is 0 Å². The molecule has 2 N–H and O–H groups in total. The highest BCUT2D eigenvalue weighted by molar-refractivity contribution is 7.85. The predicted octanol–water partition coefficient (Wildman–Crippen LogP) is 2.08. The number of aryl methyl sites for hydroxylation is 1. The zero-order valence-electron chi connectivity index (χ0n) is 13.2. The van der Waals surface area contributed by atoms with Crippen LogP contribution in [0.1, 0.15) is 31.2 Å². The molecule has 0 aliphatic carbocycles. The molecule has 0 saturated carbocycles. The lowest BCUT2D eigenvalue weighted by atomic mass is 10.1. The molecule has 2 fully saturated rings. The monoisotopic (exact) mass is 326 g/mol. The lowest BCUT2D eigenvalue weighted by Crippen LogP contribution is -2.40. The zero-order chi connectivity index (χ0) is 16.0. The molecule has 0 amide bonds. The average Bonchev–Trinajstić information content (AvgIpc) is 3.03. The maximum absolute atomic E-state index is 10.5. The summed E-state index contributed by atoms with van der Waals surface area (Å²) in [5, 5.41) is 3.43. The van der Waals surface area contributed by atoms with E-state index in [4.69, 9.17) is 4.55 Å². The molecule has 1 unspecified atom stereocenters. The molecule has 0 spiro atoms. The van der Waals surface area contributed by atoms with Crippen LogP contribution in [0.4, 0.5) is 0 Å². The normalized spacial score (nSPS) is 22.9. The second-order valence-electron chi connectivity index (χ2n) is 6.03. The zero-order valence-corrected chi connectivity index (χ0v) is 14.0. The van der Waals surface area contributed by atoms with E-state index >= 15 is 0 Å². The molecule has 0 radical (unpaired) electrons. The minimum atomic E-state index is -4.02. The van der Waals surface area contributed by atoms with Crippen molar-refractivity contribution in [1.82, 2.24) is 10.2 Å². The van der Waals surface area contributed by atoms with Crippen molar-refractivity contribution in [2.45, 2.75) is 43.5 Å². The minimum absolute atomic E-state index is 0.0666. The third-order valence-corrected chi connectivity index (χ3v) is 5.13. The van der Waals surface area contributed by atoms with Gasteiger partial charge in [0.25, 0.3) is 10.1 Å². The highest BCUT2D eigenvalue weighted by Gasteiger charge is 2.22. The van der Waals surface area contributed by atoms with Gasteiger partial charge < -0.3 is 5.32 Å². The lowest BCUT2D eigenvalue weighted by molar-refractivity contribution is 0.173. The van der Waals surface area contributed by atoms with Crippen LogP contribution >= 0.6 is 0 Å². The van der Waals surface area contributed by atoms with Gasteiger partial charge in [-0.2, -0.15) is 8.42 Å². The Morgan fingerprint density at radius 3 is 2.27 bits per heavy atom. The van der Waals surface area contributed by atoms with Crippen molar-refractivity contribution in [2.75, 3.05) is 26.2 Å². The molecule has 124 valence electrons. The molecule has 2 aliphatic heterocycles. The summed E-state index contributed by atoms with van der Waals surface area (Å²) in [5.74, 6) is 0. The maximum atomic E-state index is 10.5. The van der Waals surface area contributed by atoms with Crippen LogP contribution < -0.4 is 5.32 Å². The topological polar surface area (TPSA) is 69.6 Å². The summed E-state index contributed by atoms with van der Waals surface area (Å²) in [5.41, 5.74) is 0.956. The second kappa shape index (κ2) is 8.06. The fraction of sp³-hybridized carbons (Fsp3) is 0.625. The number of nitrogens with one attached hydrogen (secondary N) is 1. The van der Waals surface area contributed by atoms with Crippen molar-refractivity contribution >= 4 is 10.1 Å². The quantitative estimate of drug-likeness (QED) is 0.814. The van der Waals surface area contributed by atoms with Gasteiger partial charge in [0.1, 0.15) is 0 Å². The average molecular weight is 326 g/mol. The minimum Gasteiger partial charge on any atom is -0.315 e. The highest BCUT2D eigenvalue weighted by Crippen LogP contribution is 2.15. The van der Waals surface area contributed by atoms with E-state index in [-0.39, 0.29) is 4.90 Å². The van der Waals surface area contributed by atoms with Crippen molar-refractivity contribution in [3.8, 4) is 0 Å². The van der Waals surface area contributed by atoms with Gasteiger partial charge in [0.2, 0.25) is 0 Å². The molecule has 1 aromatic rings. The summed E-state index contributed by atoms with van der Waals surface area (Å²) in [6.45, 7) is 7.02. The van der Waals surface area contributed by atoms with Crippen LogP contribution in [0.5, 0.6) is 0 Å². The summed E-state index contributed by atoms with van der Waals surface area (Å²) in [7, 11) is -4.02. The summed E-state index contributed by atoms with van der Waals surface area (Å²) in [6, 6.07) is 6.86. The van der Waals surface area contributed by atoms with E-state index in [1.54, 1.807) is 12.1 Å². The van der Waals surface area contributed by atoms with E-state index in [9.17, 15) is 8.42 Å².